The molecular weight excluding hydrogens is 164 g/mol. The van der Waals surface area contributed by atoms with Gasteiger partial charge in [-0.2, -0.15) is 0 Å². The molecule has 13 heavy (non-hydrogen) atoms. The normalized spacial score (nSPS) is 18.8. The number of carbonyl (C=O) groups is 1. The molecule has 0 unspecified atom stereocenters. The van der Waals surface area contributed by atoms with Gasteiger partial charge in [0.25, 0.3) is 0 Å². The number of methoxy groups -OCH3 is 1. The van der Waals surface area contributed by atoms with E-state index in [-0.39, 0.29) is 5.78 Å². The van der Waals surface area contributed by atoms with E-state index in [1.54, 1.807) is 7.11 Å². The summed E-state index contributed by atoms with van der Waals surface area (Å²) in [7, 11) is 1.62. The van der Waals surface area contributed by atoms with E-state index in [0.29, 0.717) is 12.8 Å². The van der Waals surface area contributed by atoms with Gasteiger partial charge in [-0.25, -0.2) is 0 Å². The second kappa shape index (κ2) is 4.43. The maximum absolute atomic E-state index is 11.7. The molecule has 1 aliphatic carbocycles. The first-order chi connectivity index (χ1) is 6.25. The molecule has 0 heterocycles. The van der Waals surface area contributed by atoms with Crippen molar-refractivity contribution in [2.24, 2.45) is 0 Å². The van der Waals surface area contributed by atoms with Gasteiger partial charge in [-0.15, -0.1) is 12.3 Å². The minimum atomic E-state index is -0.436. The number of hydrogen-bond donors (Lipinski definition) is 0. The molecule has 1 rings (SSSR count). The van der Waals surface area contributed by atoms with E-state index in [9.17, 15) is 4.79 Å². The predicted octanol–water partition coefficient (Wildman–Crippen LogP) is 1.93. The number of Topliss-reactive ketones (excluding diaryl/α,β-unsaturated/α-hetero) is 1. The lowest BCUT2D eigenvalue weighted by molar-refractivity contribution is -0.151. The van der Waals surface area contributed by atoms with Crippen molar-refractivity contribution >= 4 is 5.78 Å². The molecule has 0 atom stereocenters. The first-order valence-electron chi connectivity index (χ1n) is 4.77. The van der Waals surface area contributed by atoms with Gasteiger partial charge in [-0.3, -0.25) is 4.79 Å². The van der Waals surface area contributed by atoms with Gasteiger partial charge < -0.3 is 4.74 Å². The van der Waals surface area contributed by atoms with Gasteiger partial charge in [-0.1, -0.05) is 0 Å². The summed E-state index contributed by atoms with van der Waals surface area (Å²) in [4.78, 5) is 11.7. The lowest BCUT2D eigenvalue weighted by Crippen LogP contribution is -2.46. The molecule has 0 aromatic rings. The van der Waals surface area contributed by atoms with Gasteiger partial charge in [0.2, 0.25) is 0 Å². The van der Waals surface area contributed by atoms with E-state index >= 15 is 0 Å². The summed E-state index contributed by atoms with van der Waals surface area (Å²) >= 11 is 0. The lowest BCUT2D eigenvalue weighted by Gasteiger charge is -2.38. The topological polar surface area (TPSA) is 26.3 Å². The third kappa shape index (κ3) is 2.10. The number of ether oxygens (including phenoxy) is 1. The summed E-state index contributed by atoms with van der Waals surface area (Å²) < 4.78 is 5.27. The number of terminal acetylenes is 1. The zero-order chi connectivity index (χ0) is 9.73. The van der Waals surface area contributed by atoms with Crippen LogP contribution in [0.5, 0.6) is 0 Å². The molecule has 0 aliphatic heterocycles. The molecule has 0 aromatic heterocycles. The second-order valence-electron chi connectivity index (χ2n) is 3.53. The number of hydrogen-bond acceptors (Lipinski definition) is 2. The van der Waals surface area contributed by atoms with Crippen LogP contribution in [-0.4, -0.2) is 18.5 Å². The monoisotopic (exact) mass is 180 g/mol. The van der Waals surface area contributed by atoms with Gasteiger partial charge >= 0.3 is 0 Å². The van der Waals surface area contributed by atoms with Crippen LogP contribution in [0.25, 0.3) is 0 Å². The van der Waals surface area contributed by atoms with Crippen LogP contribution >= 0.6 is 0 Å². The van der Waals surface area contributed by atoms with Crippen LogP contribution in [-0.2, 0) is 9.53 Å². The van der Waals surface area contributed by atoms with E-state index in [4.69, 9.17) is 11.2 Å². The average Bonchev–Trinajstić information content (AvgIpc) is 2.04. The molecule has 0 radical (unpaired) electrons. The molecule has 0 amide bonds. The van der Waals surface area contributed by atoms with Crippen LogP contribution < -0.4 is 0 Å². The van der Waals surface area contributed by atoms with Gasteiger partial charge in [0.1, 0.15) is 5.60 Å². The molecule has 1 saturated carbocycles. The molecule has 1 fully saturated rings. The molecule has 72 valence electrons. The SMILES string of the molecule is C#CCCCC(=O)C1(OC)CCC1. The van der Waals surface area contributed by atoms with E-state index in [1.807, 2.05) is 0 Å². The van der Waals surface area contributed by atoms with E-state index in [2.05, 4.69) is 5.92 Å². The summed E-state index contributed by atoms with van der Waals surface area (Å²) in [5, 5.41) is 0. The zero-order valence-electron chi connectivity index (χ0n) is 8.14. The molecule has 2 nitrogen and oxygen atoms in total. The smallest absolute Gasteiger partial charge is 0.164 e. The second-order valence-corrected chi connectivity index (χ2v) is 3.53. The Morgan fingerprint density at radius 2 is 2.31 bits per heavy atom. The van der Waals surface area contributed by atoms with Crippen LogP contribution in [0.4, 0.5) is 0 Å². The van der Waals surface area contributed by atoms with Crippen molar-refractivity contribution in [1.29, 1.82) is 0 Å². The Labute approximate surface area is 79.7 Å². The highest BCUT2D eigenvalue weighted by atomic mass is 16.5. The number of unbranched alkanes of at least 4 members (excludes halogenated alkanes) is 1. The van der Waals surface area contributed by atoms with Crippen LogP contribution in [0.1, 0.15) is 38.5 Å². The van der Waals surface area contributed by atoms with Crippen LogP contribution in [0.3, 0.4) is 0 Å². The van der Waals surface area contributed by atoms with E-state index in [0.717, 1.165) is 25.7 Å². The Balaban J connectivity index is 2.34. The largest absolute Gasteiger partial charge is 0.370 e. The summed E-state index contributed by atoms with van der Waals surface area (Å²) in [6.07, 6.45) is 10.0. The van der Waals surface area contributed by atoms with Crippen molar-refractivity contribution < 1.29 is 9.53 Å². The zero-order valence-corrected chi connectivity index (χ0v) is 8.14. The standard InChI is InChI=1S/C11H16O2/c1-3-4-5-7-10(12)11(13-2)8-6-9-11/h1H,4-9H2,2H3. The predicted molar refractivity (Wildman–Crippen MR) is 51.3 cm³/mol. The summed E-state index contributed by atoms with van der Waals surface area (Å²) in [5.41, 5.74) is -0.436. The van der Waals surface area contributed by atoms with Crippen molar-refractivity contribution in [1.82, 2.24) is 0 Å². The molecule has 1 aliphatic rings. The average molecular weight is 180 g/mol. The Morgan fingerprint density at radius 3 is 2.69 bits per heavy atom. The lowest BCUT2D eigenvalue weighted by atomic mass is 9.75. The Kier molecular flexibility index (Phi) is 3.50. The summed E-state index contributed by atoms with van der Waals surface area (Å²) in [6.45, 7) is 0. The fraction of sp³-hybridized carbons (Fsp3) is 0.727. The summed E-state index contributed by atoms with van der Waals surface area (Å²) in [6, 6.07) is 0. The molecular formula is C11H16O2. The molecule has 0 aromatic carbocycles. The fourth-order valence-corrected chi connectivity index (χ4v) is 1.67. The van der Waals surface area contributed by atoms with Gasteiger partial charge in [0.05, 0.1) is 0 Å². The first kappa shape index (κ1) is 10.3. The fourth-order valence-electron chi connectivity index (χ4n) is 1.67. The highest BCUT2D eigenvalue weighted by molar-refractivity contribution is 5.88. The molecule has 0 N–H and O–H groups in total. The van der Waals surface area contributed by atoms with E-state index in [1.165, 1.54) is 0 Å². The highest BCUT2D eigenvalue weighted by Gasteiger charge is 2.43. The number of rotatable bonds is 5. The van der Waals surface area contributed by atoms with Crippen LogP contribution in [0, 0.1) is 12.3 Å². The molecule has 0 bridgehead atoms. The highest BCUT2D eigenvalue weighted by Crippen LogP contribution is 2.36. The maximum Gasteiger partial charge on any atom is 0.164 e. The van der Waals surface area contributed by atoms with Crippen LogP contribution in [0.2, 0.25) is 0 Å². The molecule has 2 heteroatoms. The Morgan fingerprint density at radius 1 is 1.62 bits per heavy atom. The van der Waals surface area contributed by atoms with Gasteiger partial charge in [-0.05, 0) is 25.7 Å². The third-order valence-corrected chi connectivity index (χ3v) is 2.79. The van der Waals surface area contributed by atoms with Crippen molar-refractivity contribution in [2.45, 2.75) is 44.1 Å². The number of ketones is 1. The third-order valence-electron chi connectivity index (χ3n) is 2.79. The Bertz CT molecular complexity index is 215. The molecule has 0 spiro atoms. The minimum absolute atomic E-state index is 0.233. The summed E-state index contributed by atoms with van der Waals surface area (Å²) in [5.74, 6) is 2.77. The quantitative estimate of drug-likeness (QED) is 0.477. The van der Waals surface area contributed by atoms with E-state index < -0.39 is 5.60 Å². The van der Waals surface area contributed by atoms with Gasteiger partial charge in [0.15, 0.2) is 5.78 Å². The van der Waals surface area contributed by atoms with Gasteiger partial charge in [0, 0.05) is 20.0 Å². The van der Waals surface area contributed by atoms with Crippen molar-refractivity contribution in [3.63, 3.8) is 0 Å². The Hall–Kier alpha value is -0.810. The minimum Gasteiger partial charge on any atom is -0.370 e. The first-order valence-corrected chi connectivity index (χ1v) is 4.77. The van der Waals surface area contributed by atoms with Crippen LogP contribution in [0.15, 0.2) is 0 Å². The number of carbonyl (C=O) groups excluding carboxylic acids is 1. The maximum atomic E-state index is 11.7. The van der Waals surface area contributed by atoms with Crippen molar-refractivity contribution in [3.8, 4) is 12.3 Å². The van der Waals surface area contributed by atoms with Crippen molar-refractivity contribution in [3.05, 3.63) is 0 Å². The van der Waals surface area contributed by atoms with Crippen molar-refractivity contribution in [2.75, 3.05) is 7.11 Å². The molecule has 0 saturated heterocycles.